The molecule has 0 heterocycles. The third-order valence-corrected chi connectivity index (χ3v) is 2.82. The molecule has 88 valence electrons. The Kier molecular flexibility index (Phi) is 4.87. The molecule has 1 rings (SSSR count). The van der Waals surface area contributed by atoms with Crippen LogP contribution in [0.1, 0.15) is 0 Å². The summed E-state index contributed by atoms with van der Waals surface area (Å²) in [4.78, 5) is 11.0. The molecule has 1 atom stereocenters. The molecule has 7 heteroatoms. The molecule has 0 fully saturated rings. The molecule has 0 aliphatic carbocycles. The Morgan fingerprint density at radius 3 is 2.71 bits per heavy atom. The number of benzene rings is 1. The highest BCUT2D eigenvalue weighted by molar-refractivity contribution is 9.10. The van der Waals surface area contributed by atoms with Crippen LogP contribution in [0.3, 0.4) is 0 Å². The number of rotatable bonds is 3. The fourth-order valence-electron chi connectivity index (χ4n) is 1.09. The minimum Gasteiger partial charge on any atom is -0.368 e. The van der Waals surface area contributed by atoms with Crippen LogP contribution in [-0.2, 0) is 4.79 Å². The lowest BCUT2D eigenvalue weighted by Crippen LogP contribution is -2.32. The van der Waals surface area contributed by atoms with E-state index in [9.17, 15) is 4.79 Å². The van der Waals surface area contributed by atoms with Crippen LogP contribution >= 0.6 is 39.7 Å². The number of nitriles is 1. The van der Waals surface area contributed by atoms with Crippen molar-refractivity contribution in [2.24, 2.45) is 11.7 Å². The Morgan fingerprint density at radius 2 is 2.24 bits per heavy atom. The first kappa shape index (κ1) is 13.9. The van der Waals surface area contributed by atoms with Gasteiger partial charge in [-0.15, -0.1) is 0 Å². The van der Waals surface area contributed by atoms with Gasteiger partial charge in [0.15, 0.2) is 5.92 Å². The van der Waals surface area contributed by atoms with E-state index in [0.717, 1.165) is 4.47 Å². The predicted molar refractivity (Wildman–Crippen MR) is 73.7 cm³/mol. The second-order valence-electron chi connectivity index (χ2n) is 3.11. The van der Waals surface area contributed by atoms with E-state index in [1.54, 1.807) is 24.3 Å². The summed E-state index contributed by atoms with van der Waals surface area (Å²) in [5.41, 5.74) is 5.62. The predicted octanol–water partition coefficient (Wildman–Crippen LogP) is 2.47. The summed E-state index contributed by atoms with van der Waals surface area (Å²) in [6, 6.07) is 6.76. The topological polar surface area (TPSA) is 78.9 Å². The van der Waals surface area contributed by atoms with Crippen LogP contribution in [0.5, 0.6) is 0 Å². The fourth-order valence-corrected chi connectivity index (χ4v) is 2.24. The Bertz CT molecular complexity index is 495. The number of amides is 1. The van der Waals surface area contributed by atoms with Crippen molar-refractivity contribution in [1.82, 2.24) is 0 Å². The minimum atomic E-state index is -1.15. The smallest absolute Gasteiger partial charge is 0.241 e. The van der Waals surface area contributed by atoms with Crippen LogP contribution in [0.4, 0.5) is 5.69 Å². The molecule has 3 N–H and O–H groups in total. The zero-order chi connectivity index (χ0) is 13.0. The maximum Gasteiger partial charge on any atom is 0.241 e. The summed E-state index contributed by atoms with van der Waals surface area (Å²) < 4.78 is 0.753. The molecule has 0 spiro atoms. The van der Waals surface area contributed by atoms with E-state index in [0.29, 0.717) is 10.7 Å². The molecule has 1 aromatic carbocycles. The molecule has 1 amide bonds. The van der Waals surface area contributed by atoms with Gasteiger partial charge in [-0.3, -0.25) is 4.79 Å². The van der Waals surface area contributed by atoms with Crippen molar-refractivity contribution in [2.45, 2.75) is 0 Å². The molecule has 0 bridgehead atoms. The summed E-state index contributed by atoms with van der Waals surface area (Å²) in [6.07, 6.45) is 0. The van der Waals surface area contributed by atoms with Crippen LogP contribution in [0.15, 0.2) is 22.7 Å². The molecule has 1 aromatic rings. The number of halogens is 2. The van der Waals surface area contributed by atoms with Crippen molar-refractivity contribution >= 4 is 56.3 Å². The third-order valence-electron chi connectivity index (χ3n) is 1.81. The van der Waals surface area contributed by atoms with E-state index < -0.39 is 11.8 Å². The molecule has 0 radical (unpaired) electrons. The maximum atomic E-state index is 10.9. The van der Waals surface area contributed by atoms with Gasteiger partial charge in [-0.05, 0) is 18.2 Å². The van der Waals surface area contributed by atoms with Crippen molar-refractivity contribution in [1.29, 1.82) is 5.26 Å². The normalized spacial score (nSPS) is 11.4. The van der Waals surface area contributed by atoms with Crippen LogP contribution in [0, 0.1) is 17.2 Å². The van der Waals surface area contributed by atoms with Crippen molar-refractivity contribution in [2.75, 3.05) is 5.32 Å². The van der Waals surface area contributed by atoms with Gasteiger partial charge in [0.2, 0.25) is 5.91 Å². The average molecular weight is 333 g/mol. The van der Waals surface area contributed by atoms with Crippen molar-refractivity contribution in [3.05, 3.63) is 27.7 Å². The largest absolute Gasteiger partial charge is 0.368 e. The van der Waals surface area contributed by atoms with Gasteiger partial charge >= 0.3 is 0 Å². The van der Waals surface area contributed by atoms with Gasteiger partial charge in [-0.2, -0.15) is 5.26 Å². The first-order chi connectivity index (χ1) is 7.93. The van der Waals surface area contributed by atoms with Gasteiger partial charge in [-0.1, -0.05) is 39.7 Å². The lowest BCUT2D eigenvalue weighted by Gasteiger charge is -2.10. The Balaban J connectivity index is 2.88. The van der Waals surface area contributed by atoms with Gasteiger partial charge in [0.25, 0.3) is 0 Å². The Morgan fingerprint density at radius 1 is 1.59 bits per heavy atom. The molecular formula is C10H7BrClN3OS. The Hall–Kier alpha value is -1.16. The quantitative estimate of drug-likeness (QED) is 0.833. The van der Waals surface area contributed by atoms with Crippen LogP contribution in [0.2, 0.25) is 5.02 Å². The summed E-state index contributed by atoms with van der Waals surface area (Å²) >= 11 is 14.0. The molecule has 0 aromatic heterocycles. The number of anilines is 1. The summed E-state index contributed by atoms with van der Waals surface area (Å²) in [7, 11) is 0. The monoisotopic (exact) mass is 331 g/mol. The first-order valence-corrected chi connectivity index (χ1v) is 5.98. The zero-order valence-electron chi connectivity index (χ0n) is 8.41. The number of carbonyl (C=O) groups is 1. The molecular weight excluding hydrogens is 326 g/mol. The van der Waals surface area contributed by atoms with E-state index >= 15 is 0 Å². The number of primary amides is 1. The average Bonchev–Trinajstić information content (AvgIpc) is 2.15. The van der Waals surface area contributed by atoms with Gasteiger partial charge in [0, 0.05) is 15.2 Å². The molecule has 0 aliphatic rings. The van der Waals surface area contributed by atoms with E-state index in [-0.39, 0.29) is 4.99 Å². The highest BCUT2D eigenvalue weighted by Gasteiger charge is 2.20. The van der Waals surface area contributed by atoms with Crippen molar-refractivity contribution < 1.29 is 4.79 Å². The number of carbonyl (C=O) groups excluding carboxylic acids is 1. The molecule has 1 unspecified atom stereocenters. The van der Waals surface area contributed by atoms with Crippen LogP contribution in [-0.4, -0.2) is 10.9 Å². The second-order valence-corrected chi connectivity index (χ2v) is 4.90. The van der Waals surface area contributed by atoms with Crippen LogP contribution in [0.25, 0.3) is 0 Å². The highest BCUT2D eigenvalue weighted by atomic mass is 79.9. The van der Waals surface area contributed by atoms with E-state index in [1.807, 2.05) is 0 Å². The van der Waals surface area contributed by atoms with Crippen molar-refractivity contribution in [3.63, 3.8) is 0 Å². The summed E-state index contributed by atoms with van der Waals surface area (Å²) in [5, 5.41) is 12.0. The van der Waals surface area contributed by atoms with E-state index in [4.69, 9.17) is 34.8 Å². The molecule has 0 saturated carbocycles. The van der Waals surface area contributed by atoms with E-state index in [2.05, 4.69) is 21.2 Å². The first-order valence-electron chi connectivity index (χ1n) is 4.40. The number of hydrogen-bond donors (Lipinski definition) is 2. The summed E-state index contributed by atoms with van der Waals surface area (Å²) in [6.45, 7) is 0. The lowest BCUT2D eigenvalue weighted by atomic mass is 10.1. The van der Waals surface area contributed by atoms with Crippen LogP contribution < -0.4 is 11.1 Å². The number of hydrogen-bond acceptors (Lipinski definition) is 3. The molecule has 0 aliphatic heterocycles. The third kappa shape index (κ3) is 3.97. The van der Waals surface area contributed by atoms with Gasteiger partial charge in [0.1, 0.15) is 4.99 Å². The summed E-state index contributed by atoms with van der Waals surface area (Å²) in [5.74, 6) is -1.94. The fraction of sp³-hybridized carbons (Fsp3) is 0.100. The SMILES string of the molecule is N#CC(C(N)=O)C(=S)Nc1cc(Cl)cc(Br)c1. The zero-order valence-corrected chi connectivity index (χ0v) is 11.6. The molecule has 0 saturated heterocycles. The molecule has 17 heavy (non-hydrogen) atoms. The Labute approximate surface area is 117 Å². The maximum absolute atomic E-state index is 10.9. The number of nitrogens with two attached hydrogens (primary N) is 1. The number of nitrogens with zero attached hydrogens (tertiary/aromatic N) is 1. The standard InChI is InChI=1S/C10H7BrClN3OS/c11-5-1-6(12)3-7(2-5)15-10(17)8(4-13)9(14)16/h1-3,8H,(H2,14,16)(H,15,17). The molecule has 4 nitrogen and oxygen atoms in total. The number of nitrogens with one attached hydrogen (secondary N) is 1. The van der Waals surface area contributed by atoms with Crippen molar-refractivity contribution in [3.8, 4) is 6.07 Å². The second kappa shape index (κ2) is 5.96. The minimum absolute atomic E-state index is 0.0502. The van der Waals surface area contributed by atoms with Gasteiger partial charge in [-0.25, -0.2) is 0 Å². The highest BCUT2D eigenvalue weighted by Crippen LogP contribution is 2.23. The van der Waals surface area contributed by atoms with E-state index in [1.165, 1.54) is 0 Å². The lowest BCUT2D eigenvalue weighted by molar-refractivity contribution is -0.118. The number of thiocarbonyl (C=S) groups is 1. The van der Waals surface area contributed by atoms with Gasteiger partial charge in [0.05, 0.1) is 6.07 Å². The van der Waals surface area contributed by atoms with Gasteiger partial charge < -0.3 is 11.1 Å².